The molecule has 6 atom stereocenters. The number of nitrogens with one attached hydrogen (secondary N) is 1. The molecule has 0 amide bonds. The van der Waals surface area contributed by atoms with Crippen LogP contribution >= 0.6 is 0 Å². The highest BCUT2D eigenvalue weighted by Gasteiger charge is 2.47. The Hall–Kier alpha value is -2.73. The maximum Gasteiger partial charge on any atom is 0.278 e. The van der Waals surface area contributed by atoms with Gasteiger partial charge in [-0.25, -0.2) is 4.98 Å². The summed E-state index contributed by atoms with van der Waals surface area (Å²) in [6.45, 7) is 0. The second-order valence-corrected chi connectivity index (χ2v) is 11.9. The molecule has 4 bridgehead atoms. The molecule has 6 heteroatoms. The monoisotopic (exact) mass is 484 g/mol. The van der Waals surface area contributed by atoms with Gasteiger partial charge in [-0.15, -0.1) is 0 Å². The number of piperidine rings is 1. The van der Waals surface area contributed by atoms with Crippen LogP contribution in [0.3, 0.4) is 0 Å². The van der Waals surface area contributed by atoms with Gasteiger partial charge in [-0.05, 0) is 81.0 Å². The summed E-state index contributed by atoms with van der Waals surface area (Å²) in [7, 11) is 0. The third-order valence-electron chi connectivity index (χ3n) is 9.77. The lowest BCUT2D eigenvalue weighted by Crippen LogP contribution is -2.52. The van der Waals surface area contributed by atoms with Gasteiger partial charge in [0.1, 0.15) is 5.69 Å². The minimum Gasteiger partial charge on any atom is -0.329 e. The number of pyridine rings is 1. The summed E-state index contributed by atoms with van der Waals surface area (Å²) < 4.78 is 1.99. The molecule has 0 spiro atoms. The van der Waals surface area contributed by atoms with E-state index in [0.717, 1.165) is 41.8 Å². The molecule has 1 N–H and O–H groups in total. The summed E-state index contributed by atoms with van der Waals surface area (Å²) in [6.07, 6.45) is 16.1. The quantitative estimate of drug-likeness (QED) is 0.549. The molecule has 36 heavy (non-hydrogen) atoms. The fourth-order valence-electron chi connectivity index (χ4n) is 8.40. The Morgan fingerprint density at radius 1 is 0.750 bits per heavy atom. The highest BCUT2D eigenvalue weighted by Crippen LogP contribution is 2.48. The van der Waals surface area contributed by atoms with E-state index in [1.54, 1.807) is 18.3 Å². The second kappa shape index (κ2) is 8.98. The van der Waals surface area contributed by atoms with Gasteiger partial charge in [0, 0.05) is 30.4 Å². The van der Waals surface area contributed by atoms with Crippen molar-refractivity contribution in [1.29, 1.82) is 0 Å². The highest BCUT2D eigenvalue weighted by molar-refractivity contribution is 5.77. The van der Waals surface area contributed by atoms with Gasteiger partial charge in [0.25, 0.3) is 11.1 Å². The molecule has 7 rings (SSSR count). The zero-order valence-corrected chi connectivity index (χ0v) is 20.9. The first-order chi connectivity index (χ1) is 17.7. The third kappa shape index (κ3) is 3.76. The number of aromatic nitrogens is 3. The maximum atomic E-state index is 14.0. The number of fused-ring (bicyclic) bond motifs is 5. The van der Waals surface area contributed by atoms with Crippen LogP contribution < -0.4 is 11.1 Å². The lowest BCUT2D eigenvalue weighted by atomic mass is 9.76. The number of hydrogen-bond donors (Lipinski definition) is 1. The summed E-state index contributed by atoms with van der Waals surface area (Å²) in [4.78, 5) is 36.8. The van der Waals surface area contributed by atoms with Crippen molar-refractivity contribution < 1.29 is 0 Å². The first-order valence-corrected chi connectivity index (χ1v) is 14.1. The Kier molecular flexibility index (Phi) is 5.61. The smallest absolute Gasteiger partial charge is 0.278 e. The maximum absolute atomic E-state index is 14.0. The van der Waals surface area contributed by atoms with Crippen LogP contribution in [0.1, 0.15) is 76.7 Å². The number of aromatic amines is 1. The predicted molar refractivity (Wildman–Crippen MR) is 142 cm³/mol. The van der Waals surface area contributed by atoms with Crippen molar-refractivity contribution >= 4 is 11.0 Å². The largest absolute Gasteiger partial charge is 0.329 e. The van der Waals surface area contributed by atoms with Gasteiger partial charge in [0.05, 0.1) is 16.6 Å². The molecule has 0 radical (unpaired) electrons. The molecule has 2 saturated carbocycles. The van der Waals surface area contributed by atoms with E-state index in [9.17, 15) is 9.59 Å². The van der Waals surface area contributed by atoms with Gasteiger partial charge in [0.2, 0.25) is 0 Å². The van der Waals surface area contributed by atoms with Crippen LogP contribution in [0.15, 0.2) is 52.2 Å². The zero-order valence-electron chi connectivity index (χ0n) is 20.9. The van der Waals surface area contributed by atoms with E-state index in [-0.39, 0.29) is 22.9 Å². The van der Waals surface area contributed by atoms with Gasteiger partial charge in [-0.3, -0.25) is 14.5 Å². The average Bonchev–Trinajstić information content (AvgIpc) is 3.04. The van der Waals surface area contributed by atoms with Gasteiger partial charge in [0.15, 0.2) is 0 Å². The first kappa shape index (κ1) is 22.5. The summed E-state index contributed by atoms with van der Waals surface area (Å²) in [6, 6.07) is 13.4. The molecule has 188 valence electrons. The van der Waals surface area contributed by atoms with E-state index in [1.807, 2.05) is 28.8 Å². The van der Waals surface area contributed by atoms with Crippen molar-refractivity contribution in [2.45, 2.75) is 94.8 Å². The molecule has 3 aromatic rings. The Morgan fingerprint density at radius 2 is 1.47 bits per heavy atom. The minimum absolute atomic E-state index is 0.132. The number of rotatable bonds is 3. The van der Waals surface area contributed by atoms with Crippen molar-refractivity contribution in [3.05, 3.63) is 63.3 Å². The van der Waals surface area contributed by atoms with Gasteiger partial charge < -0.3 is 9.55 Å². The Labute approximate surface area is 211 Å². The van der Waals surface area contributed by atoms with Crippen LogP contribution in [0.25, 0.3) is 22.3 Å². The van der Waals surface area contributed by atoms with Crippen molar-refractivity contribution in [2.75, 3.05) is 0 Å². The molecule has 2 aliphatic carbocycles. The molecule has 2 saturated heterocycles. The minimum atomic E-state index is -0.266. The average molecular weight is 485 g/mol. The van der Waals surface area contributed by atoms with E-state index in [2.05, 4.69) is 14.9 Å². The van der Waals surface area contributed by atoms with Crippen LogP contribution in [-0.4, -0.2) is 37.6 Å². The highest BCUT2D eigenvalue weighted by atomic mass is 16.1. The van der Waals surface area contributed by atoms with Crippen LogP contribution in [0.4, 0.5) is 0 Å². The molecule has 6 nitrogen and oxygen atoms in total. The SMILES string of the molecule is O=c1[nH]cccc1-c1nc2ccccc2n([C@@H]2C[C@H]3CC[C@@H](C2)N3C2C[C@H]3CCCC[C@@H](C2)C3)c1=O. The molecule has 2 aromatic heterocycles. The van der Waals surface area contributed by atoms with Gasteiger partial charge in [-0.2, -0.15) is 0 Å². The van der Waals surface area contributed by atoms with E-state index < -0.39 is 0 Å². The topological polar surface area (TPSA) is 71.0 Å². The van der Waals surface area contributed by atoms with Crippen molar-refractivity contribution in [3.8, 4) is 11.3 Å². The fraction of sp³-hybridized carbons (Fsp3) is 0.567. The number of nitrogens with zero attached hydrogens (tertiary/aromatic N) is 3. The van der Waals surface area contributed by atoms with Crippen LogP contribution in [0, 0.1) is 11.8 Å². The second-order valence-electron chi connectivity index (χ2n) is 11.9. The number of benzene rings is 1. The van der Waals surface area contributed by atoms with E-state index in [4.69, 9.17) is 0 Å². The predicted octanol–water partition coefficient (Wildman–Crippen LogP) is 5.28. The van der Waals surface area contributed by atoms with Crippen LogP contribution in [0.2, 0.25) is 0 Å². The Morgan fingerprint density at radius 3 is 2.19 bits per heavy atom. The number of hydrogen-bond acceptors (Lipinski definition) is 4. The summed E-state index contributed by atoms with van der Waals surface area (Å²) in [5, 5.41) is 0. The van der Waals surface area contributed by atoms with Gasteiger partial charge >= 0.3 is 0 Å². The molecule has 4 heterocycles. The van der Waals surface area contributed by atoms with E-state index in [0.29, 0.717) is 17.6 Å². The zero-order chi connectivity index (χ0) is 24.2. The van der Waals surface area contributed by atoms with Crippen molar-refractivity contribution in [1.82, 2.24) is 19.4 Å². The van der Waals surface area contributed by atoms with E-state index in [1.165, 1.54) is 57.8 Å². The first-order valence-electron chi connectivity index (χ1n) is 14.1. The molecule has 1 unspecified atom stereocenters. The molecule has 4 aliphatic rings. The van der Waals surface area contributed by atoms with Crippen LogP contribution in [-0.2, 0) is 0 Å². The Bertz CT molecular complexity index is 1370. The van der Waals surface area contributed by atoms with Gasteiger partial charge in [-0.1, -0.05) is 37.8 Å². The molecule has 2 aliphatic heterocycles. The van der Waals surface area contributed by atoms with Crippen molar-refractivity contribution in [2.24, 2.45) is 11.8 Å². The van der Waals surface area contributed by atoms with E-state index >= 15 is 0 Å². The molecule has 1 aromatic carbocycles. The Balaban J connectivity index is 1.25. The number of para-hydroxylation sites is 2. The van der Waals surface area contributed by atoms with Crippen molar-refractivity contribution in [3.63, 3.8) is 0 Å². The standard InChI is InChI=1S/C30H36N4O2/c35-29-25(8-5-13-31-29)28-30(36)34(27-10-4-3-9-26(27)32-28)24-17-21-11-12-22(18-24)33(21)23-15-19-6-1-2-7-20(14-19)16-23/h3-5,8-10,13,19-24H,1-2,6-7,11-12,14-18H2,(H,31,35)/t19-,20+,21-,22+,23?,24-. The summed E-state index contributed by atoms with van der Waals surface area (Å²) in [5.74, 6) is 1.85. The lowest BCUT2D eigenvalue weighted by Gasteiger charge is -2.48. The third-order valence-corrected chi connectivity index (χ3v) is 9.77. The summed E-state index contributed by atoms with van der Waals surface area (Å²) in [5.41, 5.74) is 1.89. The molecule has 4 fully saturated rings. The fourth-order valence-corrected chi connectivity index (χ4v) is 8.40. The number of H-pyrrole nitrogens is 1. The molecular formula is C30H36N4O2. The molecular weight excluding hydrogens is 448 g/mol. The normalized spacial score (nSPS) is 32.4. The lowest BCUT2D eigenvalue weighted by molar-refractivity contribution is 0.0204. The van der Waals surface area contributed by atoms with Crippen LogP contribution in [0.5, 0.6) is 0 Å². The summed E-state index contributed by atoms with van der Waals surface area (Å²) >= 11 is 0.